The van der Waals surface area contributed by atoms with Gasteiger partial charge in [0.15, 0.2) is 0 Å². The topological polar surface area (TPSA) is 161 Å². The maximum Gasteiger partial charge on any atom is 0.337 e. The van der Waals surface area contributed by atoms with E-state index in [2.05, 4.69) is 0 Å². The Kier molecular flexibility index (Phi) is 3.32. The lowest BCUT2D eigenvalue weighted by molar-refractivity contribution is 0.0649. The van der Waals surface area contributed by atoms with Crippen molar-refractivity contribution in [1.29, 1.82) is 0 Å². The van der Waals surface area contributed by atoms with Crippen molar-refractivity contribution in [2.45, 2.75) is 0 Å². The molecule has 0 atom stereocenters. The second-order valence-electron chi connectivity index (χ2n) is 3.29. The fourth-order valence-corrected chi connectivity index (χ4v) is 1.38. The van der Waals surface area contributed by atoms with Crippen molar-refractivity contribution >= 4 is 23.8 Å². The summed E-state index contributed by atoms with van der Waals surface area (Å²) in [6.07, 6.45) is 0. The van der Waals surface area contributed by atoms with Gasteiger partial charge in [0.25, 0.3) is 0 Å². The molecule has 0 aliphatic rings. The first-order valence-corrected chi connectivity index (χ1v) is 4.50. The maximum absolute atomic E-state index is 11.1. The van der Waals surface area contributed by atoms with Crippen LogP contribution in [0, 0.1) is 0 Å². The van der Waals surface area contributed by atoms with Crippen LogP contribution in [0.1, 0.15) is 41.4 Å². The van der Waals surface area contributed by atoms with Crippen molar-refractivity contribution in [2.75, 3.05) is 0 Å². The van der Waals surface area contributed by atoms with Gasteiger partial charge in [0, 0.05) is 5.56 Å². The largest absolute Gasteiger partial charge is 0.478 e. The van der Waals surface area contributed by atoms with E-state index in [1.807, 2.05) is 0 Å². The highest BCUT2D eigenvalue weighted by atomic mass is 16.4. The average Bonchev–Trinajstić information content (AvgIpc) is 2.26. The minimum absolute atomic E-state index is 0.314. The standard InChI is InChI=1S/C10H8N2O6/c11-7(13)3-1-4(8(12)14)6(10(17)18)5(2-3)9(15)16/h1-2H,(H2,11,13)(H2,12,14)(H,15,16)(H,17,18). The molecule has 0 aliphatic heterocycles. The predicted octanol–water partition coefficient (Wildman–Crippen LogP) is -0.719. The Morgan fingerprint density at radius 1 is 0.833 bits per heavy atom. The zero-order chi connectivity index (χ0) is 14.0. The van der Waals surface area contributed by atoms with E-state index in [4.69, 9.17) is 21.7 Å². The second-order valence-corrected chi connectivity index (χ2v) is 3.29. The molecule has 0 bridgehead atoms. The van der Waals surface area contributed by atoms with Gasteiger partial charge in [-0.15, -0.1) is 0 Å². The first-order valence-electron chi connectivity index (χ1n) is 4.50. The third kappa shape index (κ3) is 2.26. The lowest BCUT2D eigenvalue weighted by Crippen LogP contribution is -2.22. The second kappa shape index (κ2) is 4.53. The molecule has 18 heavy (non-hydrogen) atoms. The number of rotatable bonds is 4. The third-order valence-corrected chi connectivity index (χ3v) is 2.13. The monoisotopic (exact) mass is 252 g/mol. The van der Waals surface area contributed by atoms with E-state index >= 15 is 0 Å². The Bertz CT molecular complexity index is 543. The van der Waals surface area contributed by atoms with Crippen molar-refractivity contribution in [3.8, 4) is 0 Å². The SMILES string of the molecule is NC(=O)c1cc(C(N)=O)c(C(=O)O)c(C(=O)O)c1. The molecule has 0 aliphatic carbocycles. The minimum Gasteiger partial charge on any atom is -0.478 e. The van der Waals surface area contributed by atoms with Gasteiger partial charge in [-0.1, -0.05) is 0 Å². The summed E-state index contributed by atoms with van der Waals surface area (Å²) in [5.74, 6) is -5.43. The van der Waals surface area contributed by atoms with Crippen LogP contribution >= 0.6 is 0 Å². The van der Waals surface area contributed by atoms with E-state index in [-0.39, 0.29) is 5.56 Å². The molecule has 8 nitrogen and oxygen atoms in total. The molecule has 0 saturated carbocycles. The van der Waals surface area contributed by atoms with Gasteiger partial charge in [-0.25, -0.2) is 9.59 Å². The minimum atomic E-state index is -1.64. The number of nitrogens with two attached hydrogens (primary N) is 2. The summed E-state index contributed by atoms with van der Waals surface area (Å²) in [4.78, 5) is 43.9. The van der Waals surface area contributed by atoms with Gasteiger partial charge in [0.05, 0.1) is 16.7 Å². The summed E-state index contributed by atoms with van der Waals surface area (Å²) in [7, 11) is 0. The molecule has 8 heteroatoms. The van der Waals surface area contributed by atoms with Crippen LogP contribution in [0.3, 0.4) is 0 Å². The number of carbonyl (C=O) groups excluding carboxylic acids is 2. The number of benzene rings is 1. The number of aromatic carboxylic acids is 2. The van der Waals surface area contributed by atoms with Crippen LogP contribution in [-0.2, 0) is 0 Å². The fraction of sp³-hybridized carbons (Fsp3) is 0. The molecule has 2 amide bonds. The summed E-state index contributed by atoms with van der Waals surface area (Å²) >= 11 is 0. The Morgan fingerprint density at radius 2 is 1.33 bits per heavy atom. The van der Waals surface area contributed by atoms with Crippen LogP contribution < -0.4 is 11.5 Å². The Balaban J connectivity index is 3.76. The number of carboxylic acids is 2. The zero-order valence-corrected chi connectivity index (χ0v) is 8.84. The van der Waals surface area contributed by atoms with Gasteiger partial charge in [-0.3, -0.25) is 9.59 Å². The molecule has 0 saturated heterocycles. The number of amides is 2. The van der Waals surface area contributed by atoms with Crippen LogP contribution in [0.5, 0.6) is 0 Å². The molecule has 0 radical (unpaired) electrons. The highest BCUT2D eigenvalue weighted by molar-refractivity contribution is 6.12. The number of carboxylic acid groups (broad SMARTS) is 2. The van der Waals surface area contributed by atoms with Crippen LogP contribution in [0.15, 0.2) is 12.1 Å². The summed E-state index contributed by atoms with van der Waals surface area (Å²) in [5.41, 5.74) is 7.48. The molecule has 0 spiro atoms. The highest BCUT2D eigenvalue weighted by Gasteiger charge is 2.25. The quantitative estimate of drug-likeness (QED) is 0.552. The normalized spacial score (nSPS) is 9.78. The van der Waals surface area contributed by atoms with Gasteiger partial charge in [-0.2, -0.15) is 0 Å². The van der Waals surface area contributed by atoms with Gasteiger partial charge < -0.3 is 21.7 Å². The summed E-state index contributed by atoms with van der Waals surface area (Å²) in [5, 5.41) is 17.7. The van der Waals surface area contributed by atoms with Crippen LogP contribution in [0.4, 0.5) is 0 Å². The van der Waals surface area contributed by atoms with Crippen molar-refractivity contribution in [3.05, 3.63) is 34.4 Å². The number of primary amides is 2. The summed E-state index contributed by atoms with van der Waals surface area (Å²) in [6.45, 7) is 0. The van der Waals surface area contributed by atoms with Crippen molar-refractivity contribution in [1.82, 2.24) is 0 Å². The molecule has 0 heterocycles. The molecule has 1 rings (SSSR count). The van der Waals surface area contributed by atoms with Crippen LogP contribution in [0.25, 0.3) is 0 Å². The van der Waals surface area contributed by atoms with E-state index in [1.54, 1.807) is 0 Å². The van der Waals surface area contributed by atoms with Crippen molar-refractivity contribution < 1.29 is 29.4 Å². The molecule has 0 fully saturated rings. The van der Waals surface area contributed by atoms with Crippen molar-refractivity contribution in [2.24, 2.45) is 11.5 Å². The van der Waals surface area contributed by atoms with Gasteiger partial charge >= 0.3 is 11.9 Å². The molecule has 0 aromatic heterocycles. The van der Waals surface area contributed by atoms with Gasteiger partial charge in [0.2, 0.25) is 11.8 Å². The molecule has 1 aromatic carbocycles. The zero-order valence-electron chi connectivity index (χ0n) is 8.84. The molecule has 1 aromatic rings. The molecule has 0 unspecified atom stereocenters. The van der Waals surface area contributed by atoms with Crippen molar-refractivity contribution in [3.63, 3.8) is 0 Å². The average molecular weight is 252 g/mol. The van der Waals surface area contributed by atoms with Gasteiger partial charge in [0.1, 0.15) is 0 Å². The van der Waals surface area contributed by atoms with Crippen LogP contribution in [-0.4, -0.2) is 34.0 Å². The Hall–Kier alpha value is -2.90. The van der Waals surface area contributed by atoms with Gasteiger partial charge in [-0.05, 0) is 12.1 Å². The number of hydrogen-bond donors (Lipinski definition) is 4. The Morgan fingerprint density at radius 3 is 1.67 bits per heavy atom. The first kappa shape index (κ1) is 13.2. The Labute approximate surface area is 99.8 Å². The molecular weight excluding hydrogens is 244 g/mol. The van der Waals surface area contributed by atoms with E-state index in [0.717, 1.165) is 12.1 Å². The first-order chi connectivity index (χ1) is 8.25. The summed E-state index contributed by atoms with van der Waals surface area (Å²) in [6, 6.07) is 1.63. The highest BCUT2D eigenvalue weighted by Crippen LogP contribution is 2.18. The molecule has 6 N–H and O–H groups in total. The van der Waals surface area contributed by atoms with Crippen LogP contribution in [0.2, 0.25) is 0 Å². The van der Waals surface area contributed by atoms with E-state index < -0.39 is 40.4 Å². The third-order valence-electron chi connectivity index (χ3n) is 2.13. The fourth-order valence-electron chi connectivity index (χ4n) is 1.38. The lowest BCUT2D eigenvalue weighted by Gasteiger charge is -2.08. The predicted molar refractivity (Wildman–Crippen MR) is 57.4 cm³/mol. The number of hydrogen-bond acceptors (Lipinski definition) is 4. The van der Waals surface area contributed by atoms with E-state index in [9.17, 15) is 19.2 Å². The van der Waals surface area contributed by atoms with E-state index in [0.29, 0.717) is 0 Å². The molecular formula is C10H8N2O6. The molecule has 94 valence electrons. The smallest absolute Gasteiger partial charge is 0.337 e. The maximum atomic E-state index is 11.1. The lowest BCUT2D eigenvalue weighted by atomic mass is 9.96. The van der Waals surface area contributed by atoms with E-state index in [1.165, 1.54) is 0 Å². The number of carbonyl (C=O) groups is 4. The summed E-state index contributed by atoms with van der Waals surface area (Å²) < 4.78 is 0.